The first kappa shape index (κ1) is 18.4. The smallest absolute Gasteiger partial charge is 0.234 e. The summed E-state index contributed by atoms with van der Waals surface area (Å²) in [5.41, 5.74) is 0.996. The molecular weight excluding hydrogens is 390 g/mol. The van der Waals surface area contributed by atoms with Crippen molar-refractivity contribution in [1.29, 1.82) is 0 Å². The van der Waals surface area contributed by atoms with Gasteiger partial charge in [0.2, 0.25) is 11.8 Å². The molecule has 3 aromatic rings. The Morgan fingerprint density at radius 3 is 2.72 bits per heavy atom. The van der Waals surface area contributed by atoms with Crippen molar-refractivity contribution < 1.29 is 9.26 Å². The average Bonchev–Trinajstić information content (AvgIpc) is 3.49. The van der Waals surface area contributed by atoms with Crippen molar-refractivity contribution in [3.63, 3.8) is 0 Å². The van der Waals surface area contributed by atoms with Crippen LogP contribution in [-0.2, 0) is 6.61 Å². The third kappa shape index (κ3) is 4.34. The zero-order valence-electron chi connectivity index (χ0n) is 16.0. The molecule has 3 heterocycles. The lowest BCUT2D eigenvalue weighted by Crippen LogP contribution is -2.33. The second kappa shape index (κ2) is 7.99. The van der Waals surface area contributed by atoms with Crippen molar-refractivity contribution in [3.05, 3.63) is 59.0 Å². The molecule has 1 aromatic carbocycles. The standard InChI is InChI=1S/C21H22ClN5O2/c22-17-3-1-2-14(10-17)13-28-19-12-23-11-18(24-19)27-8-6-15(7-9-27)20-25-21(29-26-20)16-4-5-16/h1-3,10-12,15-16H,4-9,13H2. The van der Waals surface area contributed by atoms with Crippen molar-refractivity contribution in [1.82, 2.24) is 20.1 Å². The van der Waals surface area contributed by atoms with E-state index >= 15 is 0 Å². The summed E-state index contributed by atoms with van der Waals surface area (Å²) in [5.74, 6) is 3.86. The first-order valence-electron chi connectivity index (χ1n) is 10.0. The van der Waals surface area contributed by atoms with E-state index in [9.17, 15) is 0 Å². The van der Waals surface area contributed by atoms with E-state index in [1.165, 1.54) is 12.8 Å². The van der Waals surface area contributed by atoms with Gasteiger partial charge in [-0.2, -0.15) is 9.97 Å². The van der Waals surface area contributed by atoms with E-state index in [1.807, 2.05) is 24.3 Å². The highest BCUT2D eigenvalue weighted by Gasteiger charge is 2.32. The van der Waals surface area contributed by atoms with E-state index in [-0.39, 0.29) is 0 Å². The molecule has 2 aliphatic rings. The summed E-state index contributed by atoms with van der Waals surface area (Å²) in [5, 5.41) is 4.90. The fourth-order valence-electron chi connectivity index (χ4n) is 3.62. The van der Waals surface area contributed by atoms with Gasteiger partial charge < -0.3 is 14.2 Å². The van der Waals surface area contributed by atoms with E-state index in [4.69, 9.17) is 20.9 Å². The third-order valence-corrected chi connectivity index (χ3v) is 5.68. The van der Waals surface area contributed by atoms with Crippen LogP contribution in [0.25, 0.3) is 0 Å². The quantitative estimate of drug-likeness (QED) is 0.596. The van der Waals surface area contributed by atoms with Gasteiger partial charge in [0.05, 0.1) is 12.4 Å². The Kier molecular flexibility index (Phi) is 5.06. The van der Waals surface area contributed by atoms with Crippen LogP contribution in [0, 0.1) is 0 Å². The largest absolute Gasteiger partial charge is 0.472 e. The molecule has 2 aromatic heterocycles. The number of rotatable bonds is 6. The van der Waals surface area contributed by atoms with Gasteiger partial charge in [-0.15, -0.1) is 0 Å². The van der Waals surface area contributed by atoms with Crippen LogP contribution in [0.15, 0.2) is 41.2 Å². The van der Waals surface area contributed by atoms with Crippen LogP contribution in [0.5, 0.6) is 5.88 Å². The molecule has 0 atom stereocenters. The van der Waals surface area contributed by atoms with Gasteiger partial charge in [0, 0.05) is 29.9 Å². The monoisotopic (exact) mass is 411 g/mol. The first-order chi connectivity index (χ1) is 14.2. The highest BCUT2D eigenvalue weighted by Crippen LogP contribution is 2.40. The molecular formula is C21H22ClN5O2. The van der Waals surface area contributed by atoms with Gasteiger partial charge in [0.1, 0.15) is 6.61 Å². The second-order valence-corrected chi connectivity index (χ2v) is 8.10. The molecule has 0 unspecified atom stereocenters. The lowest BCUT2D eigenvalue weighted by Gasteiger charge is -2.31. The second-order valence-electron chi connectivity index (χ2n) is 7.66. The Balaban J connectivity index is 1.18. The summed E-state index contributed by atoms with van der Waals surface area (Å²) in [4.78, 5) is 15.8. The van der Waals surface area contributed by atoms with Gasteiger partial charge in [-0.3, -0.25) is 4.98 Å². The number of halogens is 1. The molecule has 1 aliphatic carbocycles. The van der Waals surface area contributed by atoms with Crippen LogP contribution < -0.4 is 9.64 Å². The minimum absolute atomic E-state index is 0.345. The Labute approximate surface area is 174 Å². The summed E-state index contributed by atoms with van der Waals surface area (Å²) >= 11 is 6.02. The number of aromatic nitrogens is 4. The molecule has 0 bridgehead atoms. The minimum atomic E-state index is 0.345. The van der Waals surface area contributed by atoms with Crippen molar-refractivity contribution >= 4 is 17.4 Å². The van der Waals surface area contributed by atoms with Crippen LogP contribution >= 0.6 is 11.6 Å². The van der Waals surface area contributed by atoms with Crippen LogP contribution in [0.3, 0.4) is 0 Å². The summed E-state index contributed by atoms with van der Waals surface area (Å²) in [7, 11) is 0. The molecule has 150 valence electrons. The molecule has 29 heavy (non-hydrogen) atoms. The Bertz CT molecular complexity index is 982. The maximum atomic E-state index is 6.02. The fraction of sp³-hybridized carbons (Fsp3) is 0.429. The lowest BCUT2D eigenvalue weighted by atomic mass is 9.96. The zero-order valence-corrected chi connectivity index (χ0v) is 16.8. The highest BCUT2D eigenvalue weighted by atomic mass is 35.5. The lowest BCUT2D eigenvalue weighted by molar-refractivity contribution is 0.292. The number of hydrogen-bond donors (Lipinski definition) is 0. The van der Waals surface area contributed by atoms with Crippen molar-refractivity contribution in [2.24, 2.45) is 0 Å². The maximum absolute atomic E-state index is 6.02. The molecule has 2 fully saturated rings. The van der Waals surface area contributed by atoms with Crippen molar-refractivity contribution in [2.45, 2.75) is 44.1 Å². The van der Waals surface area contributed by atoms with Gasteiger partial charge in [-0.1, -0.05) is 28.9 Å². The number of benzene rings is 1. The molecule has 0 amide bonds. The van der Waals surface area contributed by atoms with Gasteiger partial charge in [-0.25, -0.2) is 0 Å². The van der Waals surface area contributed by atoms with Gasteiger partial charge in [0.15, 0.2) is 11.6 Å². The highest BCUT2D eigenvalue weighted by molar-refractivity contribution is 6.30. The summed E-state index contributed by atoms with van der Waals surface area (Å²) in [6.07, 6.45) is 7.71. The van der Waals surface area contributed by atoms with Crippen molar-refractivity contribution in [3.8, 4) is 5.88 Å². The summed E-state index contributed by atoms with van der Waals surface area (Å²) in [6.45, 7) is 2.16. The predicted octanol–water partition coefficient (Wildman–Crippen LogP) is 4.35. The zero-order chi connectivity index (χ0) is 19.6. The topological polar surface area (TPSA) is 77.2 Å². The Morgan fingerprint density at radius 1 is 1.07 bits per heavy atom. The van der Waals surface area contributed by atoms with E-state index in [2.05, 4.69) is 25.0 Å². The minimum Gasteiger partial charge on any atom is -0.472 e. The number of anilines is 1. The molecule has 7 nitrogen and oxygen atoms in total. The number of ether oxygens (including phenoxy) is 1. The van der Waals surface area contributed by atoms with Crippen LogP contribution in [0.2, 0.25) is 5.02 Å². The molecule has 0 radical (unpaired) electrons. The third-order valence-electron chi connectivity index (χ3n) is 5.44. The molecule has 1 aliphatic heterocycles. The summed E-state index contributed by atoms with van der Waals surface area (Å²) in [6, 6.07) is 7.61. The van der Waals surface area contributed by atoms with Crippen LogP contribution in [-0.4, -0.2) is 33.2 Å². The SMILES string of the molecule is Clc1cccc(COc2cncc(N3CCC(c4noc(C5CC5)n4)CC3)n2)c1. The molecule has 8 heteroatoms. The molecule has 5 rings (SSSR count). The number of nitrogens with zero attached hydrogens (tertiary/aromatic N) is 5. The molecule has 1 saturated carbocycles. The Hall–Kier alpha value is -2.67. The van der Waals surface area contributed by atoms with E-state index < -0.39 is 0 Å². The number of piperidine rings is 1. The predicted molar refractivity (Wildman–Crippen MR) is 108 cm³/mol. The van der Waals surface area contributed by atoms with E-state index in [0.29, 0.717) is 29.3 Å². The average molecular weight is 412 g/mol. The molecule has 0 N–H and O–H groups in total. The molecule has 1 saturated heterocycles. The molecule has 0 spiro atoms. The number of hydrogen-bond acceptors (Lipinski definition) is 7. The van der Waals surface area contributed by atoms with Crippen LogP contribution in [0.4, 0.5) is 5.82 Å². The van der Waals surface area contributed by atoms with Gasteiger partial charge >= 0.3 is 0 Å². The fourth-order valence-corrected chi connectivity index (χ4v) is 3.83. The summed E-state index contributed by atoms with van der Waals surface area (Å²) < 4.78 is 11.2. The van der Waals surface area contributed by atoms with E-state index in [0.717, 1.165) is 49.0 Å². The van der Waals surface area contributed by atoms with E-state index in [1.54, 1.807) is 12.4 Å². The van der Waals surface area contributed by atoms with Gasteiger partial charge in [-0.05, 0) is 43.4 Å². The Morgan fingerprint density at radius 2 is 1.93 bits per heavy atom. The first-order valence-corrected chi connectivity index (χ1v) is 10.4. The van der Waals surface area contributed by atoms with Crippen LogP contribution in [0.1, 0.15) is 54.8 Å². The van der Waals surface area contributed by atoms with Crippen molar-refractivity contribution in [2.75, 3.05) is 18.0 Å². The maximum Gasteiger partial charge on any atom is 0.234 e. The normalized spacial score (nSPS) is 17.5. The van der Waals surface area contributed by atoms with Gasteiger partial charge in [0.25, 0.3) is 0 Å².